The molecule has 2 N–H and O–H groups in total. The van der Waals surface area contributed by atoms with Crippen molar-refractivity contribution in [2.24, 2.45) is 0 Å². The summed E-state index contributed by atoms with van der Waals surface area (Å²) in [6, 6.07) is 12.8. The van der Waals surface area contributed by atoms with Crippen LogP contribution in [0.25, 0.3) is 10.2 Å². The molecule has 0 unspecified atom stereocenters. The molecule has 0 saturated carbocycles. The van der Waals surface area contributed by atoms with Crippen molar-refractivity contribution in [2.75, 3.05) is 5.73 Å². The monoisotopic (exact) mass is 302 g/mol. The third-order valence-electron chi connectivity index (χ3n) is 2.97. The van der Waals surface area contributed by atoms with Crippen molar-refractivity contribution in [1.29, 1.82) is 0 Å². The van der Waals surface area contributed by atoms with Crippen molar-refractivity contribution in [1.82, 2.24) is 4.98 Å². The Morgan fingerprint density at radius 1 is 1.25 bits per heavy atom. The third kappa shape index (κ3) is 2.53. The van der Waals surface area contributed by atoms with Crippen LogP contribution in [0.15, 0.2) is 42.5 Å². The van der Waals surface area contributed by atoms with E-state index in [9.17, 15) is 4.79 Å². The predicted molar refractivity (Wildman–Crippen MR) is 83.5 cm³/mol. The molecule has 3 aromatic rings. The van der Waals surface area contributed by atoms with Crippen LogP contribution in [0.5, 0.6) is 0 Å². The molecule has 0 bridgehead atoms. The number of carbonyl (C=O) groups excluding carboxylic acids is 1. The number of anilines is 1. The maximum atomic E-state index is 12.2. The van der Waals surface area contributed by atoms with E-state index in [2.05, 4.69) is 4.98 Å². The zero-order chi connectivity index (χ0) is 14.1. The number of rotatable bonds is 3. The average molecular weight is 303 g/mol. The molecule has 100 valence electrons. The molecule has 1 heterocycles. The Labute approximate surface area is 125 Å². The number of aromatic nitrogens is 1. The van der Waals surface area contributed by atoms with E-state index in [-0.39, 0.29) is 12.2 Å². The molecule has 3 rings (SSSR count). The van der Waals surface area contributed by atoms with E-state index in [1.165, 1.54) is 11.3 Å². The highest BCUT2D eigenvalue weighted by molar-refractivity contribution is 7.18. The summed E-state index contributed by atoms with van der Waals surface area (Å²) >= 11 is 7.39. The first-order valence-corrected chi connectivity index (χ1v) is 7.25. The van der Waals surface area contributed by atoms with E-state index in [1.54, 1.807) is 18.2 Å². The van der Waals surface area contributed by atoms with Crippen LogP contribution in [0.1, 0.15) is 15.4 Å². The first-order chi connectivity index (χ1) is 9.63. The lowest BCUT2D eigenvalue weighted by molar-refractivity contribution is 0.0993. The lowest BCUT2D eigenvalue weighted by atomic mass is 10.1. The number of halogens is 1. The minimum Gasteiger partial charge on any atom is -0.398 e. The van der Waals surface area contributed by atoms with Crippen LogP contribution >= 0.6 is 22.9 Å². The van der Waals surface area contributed by atoms with Crippen LogP contribution in [0.3, 0.4) is 0 Å². The molecule has 0 saturated heterocycles. The number of nitrogens with two attached hydrogens (primary N) is 1. The number of carbonyl (C=O) groups is 1. The van der Waals surface area contributed by atoms with Crippen molar-refractivity contribution in [3.8, 4) is 0 Å². The first-order valence-electron chi connectivity index (χ1n) is 6.06. The van der Waals surface area contributed by atoms with E-state index < -0.39 is 0 Å². The lowest BCUT2D eigenvalue weighted by Gasteiger charge is -2.02. The van der Waals surface area contributed by atoms with Gasteiger partial charge in [0.05, 0.1) is 27.3 Å². The quantitative estimate of drug-likeness (QED) is 0.588. The van der Waals surface area contributed by atoms with Gasteiger partial charge in [0.2, 0.25) is 0 Å². The Kier molecular flexibility index (Phi) is 3.42. The van der Waals surface area contributed by atoms with Crippen molar-refractivity contribution < 1.29 is 4.79 Å². The van der Waals surface area contributed by atoms with Crippen LogP contribution in [0, 0.1) is 0 Å². The molecule has 3 nitrogen and oxygen atoms in total. The second kappa shape index (κ2) is 5.23. The number of nitrogen functional groups attached to an aromatic ring is 1. The Hall–Kier alpha value is -1.91. The zero-order valence-electron chi connectivity index (χ0n) is 10.5. The molecular formula is C15H11ClN2OS. The number of nitrogens with zero attached hydrogens (tertiary/aromatic N) is 1. The topological polar surface area (TPSA) is 56.0 Å². The molecule has 0 aliphatic carbocycles. The van der Waals surface area contributed by atoms with Crippen molar-refractivity contribution in [2.45, 2.75) is 6.42 Å². The van der Waals surface area contributed by atoms with Gasteiger partial charge in [-0.2, -0.15) is 0 Å². The maximum absolute atomic E-state index is 12.2. The summed E-state index contributed by atoms with van der Waals surface area (Å²) in [4.78, 5) is 16.7. The highest BCUT2D eigenvalue weighted by atomic mass is 35.5. The fourth-order valence-electron chi connectivity index (χ4n) is 1.95. The zero-order valence-corrected chi connectivity index (χ0v) is 12.0. The van der Waals surface area contributed by atoms with E-state index in [4.69, 9.17) is 17.3 Å². The predicted octanol–water partition coefficient (Wildman–Crippen LogP) is 3.96. The van der Waals surface area contributed by atoms with E-state index in [0.717, 1.165) is 15.2 Å². The fourth-order valence-corrected chi connectivity index (χ4v) is 3.04. The number of benzene rings is 2. The molecule has 1 aromatic heterocycles. The average Bonchev–Trinajstić information content (AvgIpc) is 2.83. The minimum atomic E-state index is -0.00702. The highest BCUT2D eigenvalue weighted by Crippen LogP contribution is 2.24. The van der Waals surface area contributed by atoms with Crippen LogP contribution in [-0.4, -0.2) is 10.8 Å². The van der Waals surface area contributed by atoms with E-state index in [1.807, 2.05) is 24.3 Å². The molecule has 0 aliphatic rings. The van der Waals surface area contributed by atoms with Gasteiger partial charge in [0.25, 0.3) is 0 Å². The van der Waals surface area contributed by atoms with Crippen LogP contribution in [-0.2, 0) is 6.42 Å². The van der Waals surface area contributed by atoms with Gasteiger partial charge < -0.3 is 5.73 Å². The summed E-state index contributed by atoms with van der Waals surface area (Å²) in [7, 11) is 0. The molecule has 5 heteroatoms. The first kappa shape index (κ1) is 13.1. The Morgan fingerprint density at radius 2 is 2.05 bits per heavy atom. The standard InChI is InChI=1S/C15H11ClN2OS/c16-10-6-5-9(7-11(10)17)13(19)8-15-18-12-3-1-2-4-14(12)20-15/h1-7H,8,17H2. The molecule has 0 fully saturated rings. The summed E-state index contributed by atoms with van der Waals surface area (Å²) in [6.45, 7) is 0. The summed E-state index contributed by atoms with van der Waals surface area (Å²) in [5, 5.41) is 1.27. The van der Waals surface area contributed by atoms with Gasteiger partial charge in [0.1, 0.15) is 5.01 Å². The van der Waals surface area contributed by atoms with Gasteiger partial charge in [0, 0.05) is 5.56 Å². The Morgan fingerprint density at radius 3 is 2.80 bits per heavy atom. The normalized spacial score (nSPS) is 10.8. The van der Waals surface area contributed by atoms with Crippen molar-refractivity contribution in [3.05, 3.63) is 58.1 Å². The molecule has 0 aliphatic heterocycles. The SMILES string of the molecule is Nc1cc(C(=O)Cc2nc3ccccc3s2)ccc1Cl. The molecular weight excluding hydrogens is 292 g/mol. The molecule has 0 amide bonds. The summed E-state index contributed by atoms with van der Waals surface area (Å²) < 4.78 is 1.09. The van der Waals surface area contributed by atoms with E-state index >= 15 is 0 Å². The second-order valence-corrected chi connectivity index (χ2v) is 5.93. The van der Waals surface area contributed by atoms with Crippen LogP contribution in [0.4, 0.5) is 5.69 Å². The second-order valence-electron chi connectivity index (χ2n) is 4.41. The largest absolute Gasteiger partial charge is 0.398 e. The Balaban J connectivity index is 1.86. The van der Waals surface area contributed by atoms with Gasteiger partial charge in [-0.1, -0.05) is 23.7 Å². The fraction of sp³-hybridized carbons (Fsp3) is 0.0667. The van der Waals surface area contributed by atoms with Gasteiger partial charge in [0.15, 0.2) is 5.78 Å². The van der Waals surface area contributed by atoms with Crippen LogP contribution in [0.2, 0.25) is 5.02 Å². The van der Waals surface area contributed by atoms with Gasteiger partial charge in [-0.05, 0) is 30.3 Å². The summed E-state index contributed by atoms with van der Waals surface area (Å²) in [6.07, 6.45) is 0.278. The van der Waals surface area contributed by atoms with E-state index in [0.29, 0.717) is 16.3 Å². The molecule has 0 radical (unpaired) electrons. The lowest BCUT2D eigenvalue weighted by Crippen LogP contribution is -2.04. The smallest absolute Gasteiger partial charge is 0.169 e. The number of hydrogen-bond donors (Lipinski definition) is 1. The molecule has 20 heavy (non-hydrogen) atoms. The number of thiazole rings is 1. The van der Waals surface area contributed by atoms with Gasteiger partial charge in [-0.15, -0.1) is 11.3 Å². The third-order valence-corrected chi connectivity index (χ3v) is 4.35. The molecule has 0 spiro atoms. The maximum Gasteiger partial charge on any atom is 0.169 e. The number of ketones is 1. The summed E-state index contributed by atoms with van der Waals surface area (Å²) in [5.41, 5.74) is 7.62. The number of Topliss-reactive ketones (excluding diaryl/α,β-unsaturated/α-hetero) is 1. The molecule has 0 atom stereocenters. The van der Waals surface area contributed by atoms with Crippen molar-refractivity contribution in [3.63, 3.8) is 0 Å². The van der Waals surface area contributed by atoms with Crippen molar-refractivity contribution >= 4 is 44.6 Å². The Bertz CT molecular complexity index is 764. The van der Waals surface area contributed by atoms with Gasteiger partial charge in [-0.3, -0.25) is 4.79 Å². The highest BCUT2D eigenvalue weighted by Gasteiger charge is 2.12. The number of para-hydroxylation sites is 1. The number of fused-ring (bicyclic) bond motifs is 1. The summed E-state index contributed by atoms with van der Waals surface area (Å²) in [5.74, 6) is -0.00702. The van der Waals surface area contributed by atoms with Gasteiger partial charge in [-0.25, -0.2) is 4.98 Å². The minimum absolute atomic E-state index is 0.00702. The molecule has 2 aromatic carbocycles. The van der Waals surface area contributed by atoms with Crippen LogP contribution < -0.4 is 5.73 Å². The number of hydrogen-bond acceptors (Lipinski definition) is 4. The van der Waals surface area contributed by atoms with Gasteiger partial charge >= 0.3 is 0 Å².